The van der Waals surface area contributed by atoms with E-state index in [0.717, 1.165) is 28.8 Å². The molecule has 0 aliphatic rings. The van der Waals surface area contributed by atoms with Crippen molar-refractivity contribution >= 4 is 16.7 Å². The molecule has 0 unspecified atom stereocenters. The zero-order chi connectivity index (χ0) is 33.9. The number of halogens is 15. The summed E-state index contributed by atoms with van der Waals surface area (Å²) in [6, 6.07) is 9.01. The lowest BCUT2D eigenvalue weighted by atomic mass is 9.87. The molecule has 0 amide bonds. The maximum Gasteiger partial charge on any atom is 0.460 e. The van der Waals surface area contributed by atoms with E-state index in [0.29, 0.717) is 0 Å². The Kier molecular flexibility index (Phi) is 8.55. The molecule has 0 saturated heterocycles. The van der Waals surface area contributed by atoms with Crippen molar-refractivity contribution in [2.75, 3.05) is 7.11 Å². The summed E-state index contributed by atoms with van der Waals surface area (Å²) in [5, 5.41) is -0.628. The highest BCUT2D eigenvalue weighted by atomic mass is 19.4. The molecule has 0 aliphatic heterocycles. The summed E-state index contributed by atoms with van der Waals surface area (Å²) in [4.78, 5) is 13.1. The van der Waals surface area contributed by atoms with Gasteiger partial charge in [-0.05, 0) is 42.3 Å². The molecule has 2 aromatic carbocycles. The number of ketones is 1. The Labute approximate surface area is 237 Å². The van der Waals surface area contributed by atoms with Crippen LogP contribution in [0, 0.1) is 0 Å². The average Bonchev–Trinajstić information content (AvgIpc) is 3.25. The predicted octanol–water partition coefficient (Wildman–Crippen LogP) is 9.28. The van der Waals surface area contributed by atoms with Gasteiger partial charge in [-0.3, -0.25) is 4.79 Å². The molecular weight excluding hydrogens is 643 g/mol. The lowest BCUT2D eigenvalue weighted by Gasteiger charge is -2.41. The third kappa shape index (κ3) is 4.74. The Morgan fingerprint density at radius 3 is 1.64 bits per heavy atom. The molecule has 1 aromatic heterocycles. The Bertz CT molecular complexity index is 1520. The fourth-order valence-electron chi connectivity index (χ4n) is 4.30. The van der Waals surface area contributed by atoms with Crippen LogP contribution in [0.1, 0.15) is 23.7 Å². The SMILES string of the molecule is CCCn1c(-c2ccc(OC)cc2)c(C(=O)C(F)(F)C(F)(F)C(F)(F)C(F)(F)C(F)(F)C(F)(F)C(F)(F)F)c2ccccc21. The first-order chi connectivity index (χ1) is 19.9. The molecule has 0 bridgehead atoms. The zero-order valence-electron chi connectivity index (χ0n) is 22.0. The Morgan fingerprint density at radius 2 is 1.16 bits per heavy atom. The molecule has 244 valence electrons. The molecule has 3 aromatic rings. The summed E-state index contributed by atoms with van der Waals surface area (Å²) >= 11 is 0. The number of benzene rings is 2. The average molecular weight is 661 g/mol. The van der Waals surface area contributed by atoms with Crippen molar-refractivity contribution in [3.05, 3.63) is 54.1 Å². The van der Waals surface area contributed by atoms with Crippen molar-refractivity contribution in [1.29, 1.82) is 0 Å². The number of aromatic nitrogens is 1. The molecular formula is C26H18F15NO2. The summed E-state index contributed by atoms with van der Waals surface area (Å²) in [6.07, 6.45) is -7.55. The number of para-hydroxylation sites is 1. The minimum Gasteiger partial charge on any atom is -0.497 e. The molecule has 0 atom stereocenters. The highest BCUT2D eigenvalue weighted by Gasteiger charge is 2.94. The number of methoxy groups -OCH3 is 1. The fraction of sp³-hybridized carbons (Fsp3) is 0.423. The molecule has 0 aliphatic carbocycles. The van der Waals surface area contributed by atoms with Gasteiger partial charge in [0.25, 0.3) is 0 Å². The second kappa shape index (κ2) is 10.8. The minimum absolute atomic E-state index is 0.143. The quantitative estimate of drug-likeness (QED) is 0.152. The molecule has 1 heterocycles. The van der Waals surface area contributed by atoms with Crippen molar-refractivity contribution in [2.45, 2.75) is 61.6 Å². The third-order valence-electron chi connectivity index (χ3n) is 6.62. The van der Waals surface area contributed by atoms with Crippen molar-refractivity contribution in [3.8, 4) is 17.0 Å². The van der Waals surface area contributed by atoms with Gasteiger partial charge in [0, 0.05) is 17.4 Å². The Hall–Kier alpha value is -3.60. The summed E-state index contributed by atoms with van der Waals surface area (Å²) in [5.74, 6) is -51.7. The first kappa shape index (κ1) is 34.9. The van der Waals surface area contributed by atoms with E-state index in [1.54, 1.807) is 0 Å². The van der Waals surface area contributed by atoms with Crippen molar-refractivity contribution < 1.29 is 75.4 Å². The van der Waals surface area contributed by atoms with Crippen molar-refractivity contribution in [2.24, 2.45) is 0 Å². The number of ether oxygens (including phenoxy) is 1. The lowest BCUT2D eigenvalue weighted by Crippen LogP contribution is -2.73. The van der Waals surface area contributed by atoms with Crippen LogP contribution in [0.2, 0.25) is 0 Å². The number of rotatable bonds is 11. The maximum atomic E-state index is 15.2. The highest BCUT2D eigenvalue weighted by Crippen LogP contribution is 2.62. The maximum absolute atomic E-state index is 15.2. The molecule has 44 heavy (non-hydrogen) atoms. The van der Waals surface area contributed by atoms with Crippen molar-refractivity contribution in [1.82, 2.24) is 4.57 Å². The van der Waals surface area contributed by atoms with Crippen LogP contribution in [-0.4, -0.2) is 59.2 Å². The molecule has 0 fully saturated rings. The number of aryl methyl sites for hydroxylation is 1. The van der Waals surface area contributed by atoms with Gasteiger partial charge in [0.1, 0.15) is 5.75 Å². The Balaban J connectivity index is 2.31. The van der Waals surface area contributed by atoms with Crippen LogP contribution in [0.4, 0.5) is 65.9 Å². The van der Waals surface area contributed by atoms with Gasteiger partial charge in [-0.15, -0.1) is 0 Å². The van der Waals surface area contributed by atoms with E-state index >= 15 is 8.78 Å². The number of carbonyl (C=O) groups is 1. The van der Waals surface area contributed by atoms with Crippen LogP contribution in [0.25, 0.3) is 22.2 Å². The molecule has 0 radical (unpaired) electrons. The van der Waals surface area contributed by atoms with Crippen LogP contribution in [0.15, 0.2) is 48.5 Å². The van der Waals surface area contributed by atoms with E-state index in [1.807, 2.05) is 0 Å². The van der Waals surface area contributed by atoms with E-state index in [-0.39, 0.29) is 29.8 Å². The van der Waals surface area contributed by atoms with Gasteiger partial charge in [-0.1, -0.05) is 25.1 Å². The number of carbonyl (C=O) groups excluding carboxylic acids is 1. The third-order valence-corrected chi connectivity index (χ3v) is 6.62. The number of alkyl halides is 15. The van der Waals surface area contributed by atoms with Gasteiger partial charge in [0.15, 0.2) is 0 Å². The van der Waals surface area contributed by atoms with E-state index in [1.165, 1.54) is 38.3 Å². The van der Waals surface area contributed by atoms with Gasteiger partial charge >= 0.3 is 41.7 Å². The number of hydrogen-bond donors (Lipinski definition) is 0. The summed E-state index contributed by atoms with van der Waals surface area (Å²) in [6.45, 7) is 1.39. The molecule has 0 saturated carbocycles. The number of hydrogen-bond acceptors (Lipinski definition) is 2. The molecule has 3 rings (SSSR count). The van der Waals surface area contributed by atoms with Crippen LogP contribution in [-0.2, 0) is 6.54 Å². The van der Waals surface area contributed by atoms with E-state index in [9.17, 15) is 61.9 Å². The normalized spacial score (nSPS) is 14.3. The minimum atomic E-state index is -8.50. The molecule has 18 heteroatoms. The van der Waals surface area contributed by atoms with Gasteiger partial charge in [0.05, 0.1) is 18.4 Å². The van der Waals surface area contributed by atoms with Crippen LogP contribution >= 0.6 is 0 Å². The standard InChI is InChI=1S/C26H18F15NO2/c1-3-12-42-16-7-5-4-6-15(16)17(18(42)13-8-10-14(44-2)11-9-13)19(43)20(27,28)21(29,30)22(31,32)23(33,34)24(35,36)25(37,38)26(39,40)41/h4-11H,3,12H2,1-2H3. The Morgan fingerprint density at radius 1 is 0.682 bits per heavy atom. The molecule has 0 spiro atoms. The molecule has 3 nitrogen and oxygen atoms in total. The van der Waals surface area contributed by atoms with Crippen LogP contribution in [0.3, 0.4) is 0 Å². The van der Waals surface area contributed by atoms with Gasteiger partial charge in [0.2, 0.25) is 5.78 Å². The van der Waals surface area contributed by atoms with E-state index in [2.05, 4.69) is 0 Å². The highest BCUT2D eigenvalue weighted by molar-refractivity contribution is 6.16. The number of Topliss-reactive ketones (excluding diaryl/α,β-unsaturated/α-hetero) is 1. The first-order valence-corrected chi connectivity index (χ1v) is 12.0. The van der Waals surface area contributed by atoms with Gasteiger partial charge in [-0.2, -0.15) is 65.9 Å². The smallest absolute Gasteiger partial charge is 0.460 e. The van der Waals surface area contributed by atoms with E-state index in [4.69, 9.17) is 4.74 Å². The van der Waals surface area contributed by atoms with Crippen LogP contribution in [0.5, 0.6) is 5.75 Å². The number of fused-ring (bicyclic) bond motifs is 1. The lowest BCUT2D eigenvalue weighted by molar-refractivity contribution is -0.449. The van der Waals surface area contributed by atoms with Crippen LogP contribution < -0.4 is 4.74 Å². The number of nitrogens with zero attached hydrogens (tertiary/aromatic N) is 1. The van der Waals surface area contributed by atoms with Gasteiger partial charge < -0.3 is 9.30 Å². The second-order valence-electron chi connectivity index (χ2n) is 9.39. The first-order valence-electron chi connectivity index (χ1n) is 12.0. The summed E-state index contributed by atoms with van der Waals surface area (Å²) in [7, 11) is 1.21. The van der Waals surface area contributed by atoms with E-state index < -0.39 is 64.1 Å². The fourth-order valence-corrected chi connectivity index (χ4v) is 4.30. The predicted molar refractivity (Wildman–Crippen MR) is 124 cm³/mol. The molecule has 0 N–H and O–H groups in total. The second-order valence-corrected chi connectivity index (χ2v) is 9.39. The van der Waals surface area contributed by atoms with Gasteiger partial charge in [-0.25, -0.2) is 0 Å². The monoisotopic (exact) mass is 661 g/mol. The summed E-state index contributed by atoms with van der Waals surface area (Å²) in [5.41, 5.74) is -2.50. The van der Waals surface area contributed by atoms with Crippen molar-refractivity contribution in [3.63, 3.8) is 0 Å². The largest absolute Gasteiger partial charge is 0.497 e. The topological polar surface area (TPSA) is 31.2 Å². The zero-order valence-corrected chi connectivity index (χ0v) is 22.0. The summed E-state index contributed by atoms with van der Waals surface area (Å²) < 4.78 is 214.